The number of aromatic nitrogens is 3. The normalized spacial score (nSPS) is 11.6. The van der Waals surface area contributed by atoms with Gasteiger partial charge in [0.2, 0.25) is 0 Å². The van der Waals surface area contributed by atoms with Crippen LogP contribution < -0.4 is 10.6 Å². The van der Waals surface area contributed by atoms with Gasteiger partial charge in [0.05, 0.1) is 5.69 Å². The number of aliphatic imine (C=N–C) groups is 1. The van der Waals surface area contributed by atoms with Crippen LogP contribution in [-0.4, -0.2) is 40.9 Å². The van der Waals surface area contributed by atoms with Crippen LogP contribution in [0.15, 0.2) is 53.1 Å². The van der Waals surface area contributed by atoms with E-state index in [1.165, 1.54) is 11.1 Å². The Hall–Kier alpha value is -2.67. The molecule has 1 aromatic carbocycles. The molecule has 0 unspecified atom stereocenters. The molecular formula is C20H26N6S. The minimum atomic E-state index is 0.801. The summed E-state index contributed by atoms with van der Waals surface area (Å²) in [6, 6.07) is 10.5. The van der Waals surface area contributed by atoms with Crippen LogP contribution in [0.4, 0.5) is 0 Å². The van der Waals surface area contributed by atoms with Crippen LogP contribution in [0.2, 0.25) is 0 Å². The molecule has 2 N–H and O–H groups in total. The molecule has 27 heavy (non-hydrogen) atoms. The Labute approximate surface area is 164 Å². The van der Waals surface area contributed by atoms with Crippen LogP contribution in [0.3, 0.4) is 0 Å². The van der Waals surface area contributed by atoms with Crippen molar-refractivity contribution in [1.82, 2.24) is 25.4 Å². The summed E-state index contributed by atoms with van der Waals surface area (Å²) in [4.78, 5) is 9.01. The molecule has 0 atom stereocenters. The monoisotopic (exact) mass is 382 g/mol. The van der Waals surface area contributed by atoms with Crippen LogP contribution in [0.25, 0.3) is 10.6 Å². The van der Waals surface area contributed by atoms with Gasteiger partial charge in [-0.05, 0) is 19.4 Å². The first kappa shape index (κ1) is 19.1. The van der Waals surface area contributed by atoms with Crippen molar-refractivity contribution >= 4 is 17.3 Å². The van der Waals surface area contributed by atoms with E-state index in [0.717, 1.165) is 49.1 Å². The highest BCUT2D eigenvalue weighted by Crippen LogP contribution is 2.24. The van der Waals surface area contributed by atoms with Gasteiger partial charge in [0.1, 0.15) is 5.01 Å². The molecule has 0 bridgehead atoms. The molecule has 0 aliphatic rings. The van der Waals surface area contributed by atoms with Crippen molar-refractivity contribution in [3.8, 4) is 10.6 Å². The fraction of sp³-hybridized carbons (Fsp3) is 0.350. The van der Waals surface area contributed by atoms with Gasteiger partial charge in [0, 0.05) is 56.4 Å². The topological polar surface area (TPSA) is 67.1 Å². The van der Waals surface area contributed by atoms with E-state index in [0.29, 0.717) is 0 Å². The first-order valence-corrected chi connectivity index (χ1v) is 10.1. The number of hydrogen-bond acceptors (Lipinski definition) is 4. The van der Waals surface area contributed by atoms with Crippen molar-refractivity contribution in [2.24, 2.45) is 4.99 Å². The number of benzene rings is 1. The summed E-state index contributed by atoms with van der Waals surface area (Å²) >= 11 is 1.70. The van der Waals surface area contributed by atoms with Crippen molar-refractivity contribution in [2.75, 3.05) is 20.1 Å². The second kappa shape index (κ2) is 9.87. The average Bonchev–Trinajstić information content (AvgIpc) is 3.36. The third-order valence-corrected chi connectivity index (χ3v) is 5.10. The maximum Gasteiger partial charge on any atom is 0.190 e. The van der Waals surface area contributed by atoms with E-state index in [9.17, 15) is 0 Å². The second-order valence-electron chi connectivity index (χ2n) is 6.31. The quantitative estimate of drug-likeness (QED) is 0.357. The molecule has 0 aliphatic heterocycles. The van der Waals surface area contributed by atoms with E-state index in [4.69, 9.17) is 4.98 Å². The lowest BCUT2D eigenvalue weighted by Crippen LogP contribution is -2.39. The first-order chi connectivity index (χ1) is 13.2. The summed E-state index contributed by atoms with van der Waals surface area (Å²) < 4.78 is 1.94. The van der Waals surface area contributed by atoms with Crippen LogP contribution in [0, 0.1) is 6.92 Å². The molecule has 2 heterocycles. The highest BCUT2D eigenvalue weighted by Gasteiger charge is 2.05. The molecule has 3 rings (SSSR count). The van der Waals surface area contributed by atoms with Gasteiger partial charge in [-0.25, -0.2) is 4.98 Å². The zero-order chi connectivity index (χ0) is 18.9. The fourth-order valence-electron chi connectivity index (χ4n) is 2.66. The number of hydrogen-bond donors (Lipinski definition) is 2. The van der Waals surface area contributed by atoms with Gasteiger partial charge in [-0.1, -0.05) is 29.8 Å². The maximum absolute atomic E-state index is 4.75. The van der Waals surface area contributed by atoms with Crippen molar-refractivity contribution in [2.45, 2.75) is 26.3 Å². The SMILES string of the molecule is CN=C(NCCCn1cccn1)NCCc1csc(-c2ccc(C)cc2)n1. The number of nitrogens with one attached hydrogen (secondary N) is 2. The Morgan fingerprint density at radius 1 is 1.19 bits per heavy atom. The molecule has 6 nitrogen and oxygen atoms in total. The van der Waals surface area contributed by atoms with E-state index in [2.05, 4.69) is 57.3 Å². The molecule has 0 radical (unpaired) electrons. The Kier molecular flexibility index (Phi) is 6.98. The summed E-state index contributed by atoms with van der Waals surface area (Å²) in [5.41, 5.74) is 3.56. The van der Waals surface area contributed by atoms with Gasteiger partial charge in [0.15, 0.2) is 5.96 Å². The summed E-state index contributed by atoms with van der Waals surface area (Å²) in [5.74, 6) is 0.824. The van der Waals surface area contributed by atoms with Gasteiger partial charge in [-0.3, -0.25) is 9.67 Å². The standard InChI is InChI=1S/C20H26N6S/c1-16-5-7-17(8-6-16)19-25-18(15-27-19)9-12-23-20(21-2)22-10-3-13-26-14-4-11-24-26/h4-8,11,14-15H,3,9-10,12-13H2,1-2H3,(H2,21,22,23). The Bertz CT molecular complexity index is 836. The summed E-state index contributed by atoms with van der Waals surface area (Å²) in [7, 11) is 1.79. The molecule has 0 fully saturated rings. The molecule has 0 amide bonds. The van der Waals surface area contributed by atoms with Gasteiger partial charge in [-0.2, -0.15) is 5.10 Å². The molecule has 2 aromatic heterocycles. The molecular weight excluding hydrogens is 356 g/mol. The van der Waals surface area contributed by atoms with E-state index in [-0.39, 0.29) is 0 Å². The lowest BCUT2D eigenvalue weighted by molar-refractivity contribution is 0.570. The van der Waals surface area contributed by atoms with E-state index < -0.39 is 0 Å². The predicted molar refractivity (Wildman–Crippen MR) is 112 cm³/mol. The second-order valence-corrected chi connectivity index (χ2v) is 7.17. The molecule has 142 valence electrons. The molecule has 3 aromatic rings. The Morgan fingerprint density at radius 2 is 2.00 bits per heavy atom. The molecule has 7 heteroatoms. The third kappa shape index (κ3) is 5.92. The minimum Gasteiger partial charge on any atom is -0.356 e. The zero-order valence-electron chi connectivity index (χ0n) is 15.9. The molecule has 0 aliphatic carbocycles. The smallest absolute Gasteiger partial charge is 0.190 e. The highest BCUT2D eigenvalue weighted by molar-refractivity contribution is 7.13. The van der Waals surface area contributed by atoms with E-state index in [1.807, 2.05) is 16.9 Å². The zero-order valence-corrected chi connectivity index (χ0v) is 16.7. The lowest BCUT2D eigenvalue weighted by Gasteiger charge is -2.11. The first-order valence-electron chi connectivity index (χ1n) is 9.18. The van der Waals surface area contributed by atoms with Crippen molar-refractivity contribution in [1.29, 1.82) is 0 Å². The third-order valence-electron chi connectivity index (χ3n) is 4.16. The number of aryl methyl sites for hydroxylation is 2. The highest BCUT2D eigenvalue weighted by atomic mass is 32.1. The summed E-state index contributed by atoms with van der Waals surface area (Å²) in [5, 5.41) is 14.1. The number of nitrogens with zero attached hydrogens (tertiary/aromatic N) is 4. The van der Waals surface area contributed by atoms with Gasteiger partial charge in [-0.15, -0.1) is 11.3 Å². The molecule has 0 spiro atoms. The van der Waals surface area contributed by atoms with Crippen LogP contribution in [-0.2, 0) is 13.0 Å². The Balaban J connectivity index is 1.38. The minimum absolute atomic E-state index is 0.801. The number of rotatable bonds is 8. The molecule has 0 saturated heterocycles. The van der Waals surface area contributed by atoms with E-state index in [1.54, 1.807) is 24.6 Å². The van der Waals surface area contributed by atoms with Gasteiger partial charge >= 0.3 is 0 Å². The number of thiazole rings is 1. The van der Waals surface area contributed by atoms with Crippen LogP contribution >= 0.6 is 11.3 Å². The summed E-state index contributed by atoms with van der Waals surface area (Å²) in [6.45, 7) is 4.66. The van der Waals surface area contributed by atoms with Crippen molar-refractivity contribution < 1.29 is 0 Å². The van der Waals surface area contributed by atoms with Crippen LogP contribution in [0.5, 0.6) is 0 Å². The average molecular weight is 383 g/mol. The largest absolute Gasteiger partial charge is 0.356 e. The fourth-order valence-corrected chi connectivity index (χ4v) is 3.52. The number of guanidine groups is 1. The molecule has 0 saturated carbocycles. The van der Waals surface area contributed by atoms with Crippen molar-refractivity contribution in [3.63, 3.8) is 0 Å². The summed E-state index contributed by atoms with van der Waals surface area (Å²) in [6.07, 6.45) is 5.65. The van der Waals surface area contributed by atoms with Gasteiger partial charge < -0.3 is 10.6 Å². The van der Waals surface area contributed by atoms with Crippen LogP contribution in [0.1, 0.15) is 17.7 Å². The van der Waals surface area contributed by atoms with Crippen molar-refractivity contribution in [3.05, 3.63) is 59.4 Å². The van der Waals surface area contributed by atoms with E-state index >= 15 is 0 Å². The van der Waals surface area contributed by atoms with Gasteiger partial charge in [0.25, 0.3) is 0 Å². The Morgan fingerprint density at radius 3 is 2.74 bits per heavy atom. The predicted octanol–water partition coefficient (Wildman–Crippen LogP) is 3.11. The maximum atomic E-state index is 4.75. The lowest BCUT2D eigenvalue weighted by atomic mass is 10.2.